The minimum absolute atomic E-state index is 0.268. The maximum absolute atomic E-state index is 12.9. The van der Waals surface area contributed by atoms with Crippen LogP contribution in [0.2, 0.25) is 5.02 Å². The quantitative estimate of drug-likeness (QED) is 0.721. The molecule has 0 aromatic heterocycles. The number of hydrogen-bond acceptors (Lipinski definition) is 4. The molecule has 0 bridgehead atoms. The summed E-state index contributed by atoms with van der Waals surface area (Å²) in [4.78, 5) is 27.1. The Kier molecular flexibility index (Phi) is 5.81. The van der Waals surface area contributed by atoms with Crippen LogP contribution in [0.4, 0.5) is 5.69 Å². The highest BCUT2D eigenvalue weighted by molar-refractivity contribution is 6.36. The second kappa shape index (κ2) is 8.27. The molecule has 0 radical (unpaired) electrons. The average molecular weight is 385 g/mol. The van der Waals surface area contributed by atoms with Gasteiger partial charge < -0.3 is 10.1 Å². The average Bonchev–Trinajstić information content (AvgIpc) is 2.88. The van der Waals surface area contributed by atoms with E-state index in [1.54, 1.807) is 30.3 Å². The number of ether oxygens (including phenoxy) is 1. The Bertz CT molecular complexity index is 891. The summed E-state index contributed by atoms with van der Waals surface area (Å²) in [5, 5.41) is 3.70. The van der Waals surface area contributed by atoms with E-state index in [4.69, 9.17) is 16.3 Å². The highest BCUT2D eigenvalue weighted by atomic mass is 35.5. The van der Waals surface area contributed by atoms with Crippen molar-refractivity contribution in [3.63, 3.8) is 0 Å². The number of carbonyl (C=O) groups is 2. The lowest BCUT2D eigenvalue weighted by Gasteiger charge is -2.14. The van der Waals surface area contributed by atoms with E-state index in [9.17, 15) is 9.59 Å². The lowest BCUT2D eigenvalue weighted by Crippen LogP contribution is -2.33. The van der Waals surface area contributed by atoms with Crippen molar-refractivity contribution in [1.82, 2.24) is 4.90 Å². The molecule has 0 atom stereocenters. The Balaban J connectivity index is 2.02. The van der Waals surface area contributed by atoms with Gasteiger partial charge in [-0.3, -0.25) is 14.5 Å². The van der Waals surface area contributed by atoms with Gasteiger partial charge in [0.2, 0.25) is 0 Å². The van der Waals surface area contributed by atoms with E-state index in [-0.39, 0.29) is 17.5 Å². The van der Waals surface area contributed by atoms with Crippen LogP contribution < -0.4 is 10.1 Å². The molecule has 1 heterocycles. The van der Waals surface area contributed by atoms with Crippen molar-refractivity contribution in [3.8, 4) is 5.75 Å². The molecular weight excluding hydrogens is 364 g/mol. The SMILES string of the molecule is CCCN1C(=O)C(Nc2cccc(OCC)c2)=C(c2ccc(Cl)cc2)C1=O. The Morgan fingerprint density at radius 2 is 1.78 bits per heavy atom. The molecule has 1 N–H and O–H groups in total. The summed E-state index contributed by atoms with van der Waals surface area (Å²) in [5.74, 6) is 0.0691. The lowest BCUT2D eigenvalue weighted by atomic mass is 10.0. The normalized spacial score (nSPS) is 14.1. The molecule has 1 aliphatic rings. The first kappa shape index (κ1) is 19.0. The number of carbonyl (C=O) groups excluding carboxylic acids is 2. The van der Waals surface area contributed by atoms with Gasteiger partial charge in [-0.25, -0.2) is 0 Å². The number of rotatable bonds is 7. The Labute approximate surface area is 163 Å². The Morgan fingerprint density at radius 3 is 2.44 bits per heavy atom. The van der Waals surface area contributed by atoms with Gasteiger partial charge in [0.25, 0.3) is 11.8 Å². The van der Waals surface area contributed by atoms with Crippen LogP contribution in [0.1, 0.15) is 25.8 Å². The fraction of sp³-hybridized carbons (Fsp3) is 0.238. The molecule has 2 aromatic rings. The van der Waals surface area contributed by atoms with Gasteiger partial charge in [0.05, 0.1) is 12.2 Å². The van der Waals surface area contributed by atoms with Gasteiger partial charge in [-0.05, 0) is 43.2 Å². The van der Waals surface area contributed by atoms with Crippen LogP contribution in [0, 0.1) is 0 Å². The van der Waals surface area contributed by atoms with Gasteiger partial charge >= 0.3 is 0 Å². The zero-order valence-electron chi connectivity index (χ0n) is 15.3. The summed E-state index contributed by atoms with van der Waals surface area (Å²) in [5.41, 5.74) is 1.96. The number of imide groups is 1. The highest BCUT2D eigenvalue weighted by Crippen LogP contribution is 2.31. The van der Waals surface area contributed by atoms with E-state index in [2.05, 4.69) is 5.32 Å². The second-order valence-corrected chi connectivity index (χ2v) is 6.54. The van der Waals surface area contributed by atoms with Crippen LogP contribution in [0.25, 0.3) is 5.57 Å². The van der Waals surface area contributed by atoms with Crippen molar-refractivity contribution in [2.24, 2.45) is 0 Å². The summed E-state index contributed by atoms with van der Waals surface area (Å²) in [6, 6.07) is 14.2. The fourth-order valence-electron chi connectivity index (χ4n) is 2.98. The third-order valence-electron chi connectivity index (χ3n) is 4.16. The van der Waals surface area contributed by atoms with Crippen molar-refractivity contribution in [2.45, 2.75) is 20.3 Å². The molecule has 6 heteroatoms. The number of amides is 2. The molecule has 2 amide bonds. The number of halogens is 1. The molecule has 0 saturated heterocycles. The van der Waals surface area contributed by atoms with E-state index >= 15 is 0 Å². The van der Waals surface area contributed by atoms with Gasteiger partial charge in [0, 0.05) is 23.3 Å². The minimum atomic E-state index is -0.325. The predicted molar refractivity (Wildman–Crippen MR) is 107 cm³/mol. The summed E-state index contributed by atoms with van der Waals surface area (Å²) in [7, 11) is 0. The van der Waals surface area contributed by atoms with E-state index in [0.717, 1.165) is 0 Å². The topological polar surface area (TPSA) is 58.6 Å². The maximum atomic E-state index is 12.9. The predicted octanol–water partition coefficient (Wildman–Crippen LogP) is 4.34. The van der Waals surface area contributed by atoms with E-state index < -0.39 is 0 Å². The smallest absolute Gasteiger partial charge is 0.278 e. The van der Waals surface area contributed by atoms with E-state index in [1.807, 2.05) is 32.0 Å². The summed E-state index contributed by atoms with van der Waals surface area (Å²) in [6.07, 6.45) is 0.693. The Hall–Kier alpha value is -2.79. The summed E-state index contributed by atoms with van der Waals surface area (Å²) >= 11 is 5.97. The molecule has 5 nitrogen and oxygen atoms in total. The molecule has 0 fully saturated rings. The van der Waals surface area contributed by atoms with Crippen LogP contribution in [0.15, 0.2) is 54.2 Å². The van der Waals surface area contributed by atoms with Crippen LogP contribution >= 0.6 is 11.6 Å². The van der Waals surface area contributed by atoms with Gasteiger partial charge in [-0.15, -0.1) is 0 Å². The van der Waals surface area contributed by atoms with Gasteiger partial charge in [-0.1, -0.05) is 36.7 Å². The van der Waals surface area contributed by atoms with Crippen LogP contribution in [-0.2, 0) is 9.59 Å². The van der Waals surface area contributed by atoms with Crippen molar-refractivity contribution < 1.29 is 14.3 Å². The number of nitrogens with one attached hydrogen (secondary N) is 1. The van der Waals surface area contributed by atoms with Crippen molar-refractivity contribution in [2.75, 3.05) is 18.5 Å². The molecule has 0 saturated carbocycles. The zero-order valence-corrected chi connectivity index (χ0v) is 16.0. The van der Waals surface area contributed by atoms with Crippen molar-refractivity contribution in [1.29, 1.82) is 0 Å². The van der Waals surface area contributed by atoms with Crippen molar-refractivity contribution >= 4 is 34.7 Å². The van der Waals surface area contributed by atoms with Crippen molar-refractivity contribution in [3.05, 3.63) is 64.8 Å². The summed E-state index contributed by atoms with van der Waals surface area (Å²) in [6.45, 7) is 4.76. The largest absolute Gasteiger partial charge is 0.494 e. The number of hydrogen-bond donors (Lipinski definition) is 1. The summed E-state index contributed by atoms with van der Waals surface area (Å²) < 4.78 is 5.51. The fourth-order valence-corrected chi connectivity index (χ4v) is 3.10. The third kappa shape index (κ3) is 3.98. The molecular formula is C21H21ClN2O3. The lowest BCUT2D eigenvalue weighted by molar-refractivity contribution is -0.136. The van der Waals surface area contributed by atoms with Crippen LogP contribution in [0.3, 0.4) is 0 Å². The third-order valence-corrected chi connectivity index (χ3v) is 4.41. The monoisotopic (exact) mass is 384 g/mol. The second-order valence-electron chi connectivity index (χ2n) is 6.10. The first-order valence-electron chi connectivity index (χ1n) is 8.91. The minimum Gasteiger partial charge on any atom is -0.494 e. The number of nitrogens with zero attached hydrogens (tertiary/aromatic N) is 1. The molecule has 2 aromatic carbocycles. The first-order valence-corrected chi connectivity index (χ1v) is 9.29. The van der Waals surface area contributed by atoms with Crippen LogP contribution in [0.5, 0.6) is 5.75 Å². The Morgan fingerprint density at radius 1 is 1.04 bits per heavy atom. The molecule has 0 unspecified atom stereocenters. The number of benzene rings is 2. The molecule has 27 heavy (non-hydrogen) atoms. The van der Waals surface area contributed by atoms with Gasteiger partial charge in [0.1, 0.15) is 11.4 Å². The van der Waals surface area contributed by atoms with Crippen LogP contribution in [-0.4, -0.2) is 29.9 Å². The number of anilines is 1. The van der Waals surface area contributed by atoms with E-state index in [0.29, 0.717) is 47.2 Å². The molecule has 3 rings (SSSR count). The molecule has 1 aliphatic heterocycles. The molecule has 0 aliphatic carbocycles. The van der Waals surface area contributed by atoms with E-state index in [1.165, 1.54) is 4.90 Å². The maximum Gasteiger partial charge on any atom is 0.278 e. The first-order chi connectivity index (χ1) is 13.0. The standard InChI is InChI=1S/C21H21ClN2O3/c1-3-12-24-20(25)18(14-8-10-15(22)11-9-14)19(21(24)26)23-16-6-5-7-17(13-16)27-4-2/h5-11,13,23H,3-4,12H2,1-2H3. The van der Waals surface area contributed by atoms with Gasteiger partial charge in [-0.2, -0.15) is 0 Å². The molecule has 140 valence electrons. The zero-order chi connectivity index (χ0) is 19.4. The highest BCUT2D eigenvalue weighted by Gasteiger charge is 2.38. The van der Waals surface area contributed by atoms with Gasteiger partial charge in [0.15, 0.2) is 0 Å². The molecule has 0 spiro atoms.